The van der Waals surface area contributed by atoms with Crippen LogP contribution in [-0.4, -0.2) is 34.2 Å². The van der Waals surface area contributed by atoms with Crippen molar-refractivity contribution < 1.29 is 23.6 Å². The Kier molecular flexibility index (Phi) is 4.89. The highest BCUT2D eigenvalue weighted by molar-refractivity contribution is 6.00. The molecule has 0 saturated carbocycles. The van der Waals surface area contributed by atoms with Crippen LogP contribution in [0.5, 0.6) is 11.5 Å². The molecule has 1 amide bonds. The summed E-state index contributed by atoms with van der Waals surface area (Å²) in [6.07, 6.45) is 2.66. The van der Waals surface area contributed by atoms with Gasteiger partial charge in [-0.1, -0.05) is 17.2 Å². The predicted octanol–water partition coefficient (Wildman–Crippen LogP) is 3.07. The Morgan fingerprint density at radius 3 is 2.76 bits per heavy atom. The second kappa shape index (κ2) is 7.80. The van der Waals surface area contributed by atoms with Crippen molar-refractivity contribution in [3.63, 3.8) is 0 Å². The van der Waals surface area contributed by atoms with Gasteiger partial charge in [0, 0.05) is 23.8 Å². The number of carbonyl (C=O) groups excluding carboxylic acids is 1. The maximum atomic E-state index is 12.0. The van der Waals surface area contributed by atoms with Crippen LogP contribution in [0.15, 0.2) is 53.0 Å². The largest absolute Gasteiger partial charge is 0.486 e. The van der Waals surface area contributed by atoms with E-state index < -0.39 is 10.8 Å². The number of rotatable bonds is 5. The van der Waals surface area contributed by atoms with E-state index in [1.54, 1.807) is 24.3 Å². The molecule has 146 valence electrons. The molecule has 4 rings (SSSR count). The highest BCUT2D eigenvalue weighted by Crippen LogP contribution is 2.34. The molecule has 2 heterocycles. The first-order valence-electron chi connectivity index (χ1n) is 8.55. The Balaban J connectivity index is 1.43. The summed E-state index contributed by atoms with van der Waals surface area (Å²) in [5, 5.41) is 20.9. The highest BCUT2D eigenvalue weighted by Gasteiger charge is 2.16. The summed E-state index contributed by atoms with van der Waals surface area (Å²) in [6.45, 7) is 0.950. The van der Waals surface area contributed by atoms with E-state index in [-0.39, 0.29) is 17.6 Å². The summed E-state index contributed by atoms with van der Waals surface area (Å²) < 4.78 is 16.4. The van der Waals surface area contributed by atoms with Gasteiger partial charge in [-0.05, 0) is 29.8 Å². The van der Waals surface area contributed by atoms with Gasteiger partial charge in [0.2, 0.25) is 5.89 Å². The van der Waals surface area contributed by atoms with Gasteiger partial charge < -0.3 is 13.9 Å². The van der Waals surface area contributed by atoms with Crippen molar-refractivity contribution in [2.24, 2.45) is 0 Å². The molecule has 0 atom stereocenters. The molecule has 0 bridgehead atoms. The van der Waals surface area contributed by atoms with Crippen molar-refractivity contribution >= 4 is 23.7 Å². The lowest BCUT2D eigenvalue weighted by Gasteiger charge is -2.18. The van der Waals surface area contributed by atoms with Crippen LogP contribution in [0.2, 0.25) is 0 Å². The summed E-state index contributed by atoms with van der Waals surface area (Å²) in [6, 6.07) is 11.0. The average Bonchev–Trinajstić information content (AvgIpc) is 3.20. The zero-order chi connectivity index (χ0) is 20.2. The Labute approximate surface area is 163 Å². The number of amides is 1. The molecule has 1 aliphatic heterocycles. The summed E-state index contributed by atoms with van der Waals surface area (Å²) in [4.78, 5) is 22.3. The zero-order valence-electron chi connectivity index (χ0n) is 14.9. The minimum absolute atomic E-state index is 0.0615. The number of hydrogen-bond donors (Lipinski definition) is 1. The highest BCUT2D eigenvalue weighted by atomic mass is 16.6. The maximum absolute atomic E-state index is 12.0. The molecule has 0 fully saturated rings. The maximum Gasteiger partial charge on any atom is 0.322 e. The fourth-order valence-electron chi connectivity index (χ4n) is 2.63. The molecule has 0 saturated heterocycles. The van der Waals surface area contributed by atoms with Crippen molar-refractivity contribution in [1.82, 2.24) is 10.2 Å². The number of nitro benzene ring substituents is 1. The number of aromatic nitrogens is 2. The first-order chi connectivity index (χ1) is 14.1. The lowest BCUT2D eigenvalue weighted by molar-refractivity contribution is -0.384. The molecule has 10 nitrogen and oxygen atoms in total. The summed E-state index contributed by atoms with van der Waals surface area (Å²) in [7, 11) is 0. The fourth-order valence-corrected chi connectivity index (χ4v) is 2.63. The number of hydrogen-bond acceptors (Lipinski definition) is 8. The van der Waals surface area contributed by atoms with Crippen molar-refractivity contribution in [3.8, 4) is 23.0 Å². The van der Waals surface area contributed by atoms with Gasteiger partial charge >= 0.3 is 6.01 Å². The normalized spacial score (nSPS) is 12.7. The number of nitrogens with zero attached hydrogens (tertiary/aromatic N) is 3. The van der Waals surface area contributed by atoms with E-state index in [1.807, 2.05) is 0 Å². The summed E-state index contributed by atoms with van der Waals surface area (Å²) >= 11 is 0. The molecular weight excluding hydrogens is 380 g/mol. The number of nitrogens with one attached hydrogen (secondary N) is 1. The van der Waals surface area contributed by atoms with E-state index in [0.717, 1.165) is 0 Å². The molecule has 10 heteroatoms. The van der Waals surface area contributed by atoms with E-state index in [4.69, 9.17) is 13.9 Å². The van der Waals surface area contributed by atoms with Gasteiger partial charge in [-0.3, -0.25) is 20.2 Å². The second-order valence-corrected chi connectivity index (χ2v) is 5.95. The monoisotopic (exact) mass is 394 g/mol. The minimum Gasteiger partial charge on any atom is -0.486 e. The number of fused-ring (bicyclic) bond motifs is 1. The Bertz CT molecular complexity index is 1110. The number of non-ortho nitro benzene ring substituents is 1. The predicted molar refractivity (Wildman–Crippen MR) is 101 cm³/mol. The number of carbonyl (C=O) groups is 1. The van der Waals surface area contributed by atoms with E-state index in [2.05, 4.69) is 15.5 Å². The fraction of sp³-hybridized carbons (Fsp3) is 0.105. The number of anilines is 1. The van der Waals surface area contributed by atoms with E-state index in [0.29, 0.717) is 35.8 Å². The van der Waals surface area contributed by atoms with Gasteiger partial charge in [0.15, 0.2) is 11.5 Å². The van der Waals surface area contributed by atoms with Gasteiger partial charge in [-0.15, -0.1) is 5.10 Å². The van der Waals surface area contributed by atoms with Crippen molar-refractivity contribution in [2.75, 3.05) is 18.5 Å². The van der Waals surface area contributed by atoms with Crippen LogP contribution in [0.4, 0.5) is 11.7 Å². The third-order valence-corrected chi connectivity index (χ3v) is 3.95. The lowest BCUT2D eigenvalue weighted by atomic mass is 10.2. The lowest BCUT2D eigenvalue weighted by Crippen LogP contribution is -2.15. The molecule has 3 aromatic rings. The van der Waals surface area contributed by atoms with E-state index >= 15 is 0 Å². The Morgan fingerprint density at radius 1 is 1.10 bits per heavy atom. The SMILES string of the molecule is O=C(/C=C/c1cccc([N+](=O)[O-])c1)Nc1nnc(-c2ccc3c(c2)OCCO3)o1. The van der Waals surface area contributed by atoms with Gasteiger partial charge in [0.1, 0.15) is 13.2 Å². The molecule has 2 aromatic carbocycles. The van der Waals surface area contributed by atoms with E-state index in [9.17, 15) is 14.9 Å². The molecule has 1 aromatic heterocycles. The molecule has 0 unspecified atom stereocenters. The molecule has 0 spiro atoms. The summed E-state index contributed by atoms with van der Waals surface area (Å²) in [5.41, 5.74) is 1.07. The van der Waals surface area contributed by atoms with Crippen LogP contribution in [0.1, 0.15) is 5.56 Å². The number of ether oxygens (including phenoxy) is 2. The van der Waals surface area contributed by atoms with Crippen molar-refractivity contribution in [2.45, 2.75) is 0 Å². The number of benzene rings is 2. The third-order valence-electron chi connectivity index (χ3n) is 3.95. The van der Waals surface area contributed by atoms with Gasteiger partial charge in [0.05, 0.1) is 4.92 Å². The molecule has 1 N–H and O–H groups in total. The standard InChI is InChI=1S/C19H14N4O6/c24-17(7-4-12-2-1-3-14(10-12)23(25)26)20-19-22-21-18(29-19)13-5-6-15-16(11-13)28-9-8-27-15/h1-7,10-11H,8-9H2,(H,20,22,24)/b7-4+. The second-order valence-electron chi connectivity index (χ2n) is 5.95. The first kappa shape index (κ1) is 18.2. The Morgan fingerprint density at radius 2 is 1.93 bits per heavy atom. The molecular formula is C19H14N4O6. The smallest absolute Gasteiger partial charge is 0.322 e. The van der Waals surface area contributed by atoms with Crippen LogP contribution < -0.4 is 14.8 Å². The van der Waals surface area contributed by atoms with Gasteiger partial charge in [-0.2, -0.15) is 0 Å². The van der Waals surface area contributed by atoms with Crippen LogP contribution in [0.3, 0.4) is 0 Å². The first-order valence-corrected chi connectivity index (χ1v) is 8.55. The topological polar surface area (TPSA) is 130 Å². The molecule has 1 aliphatic rings. The minimum atomic E-state index is -0.520. The van der Waals surface area contributed by atoms with Gasteiger partial charge in [-0.25, -0.2) is 0 Å². The van der Waals surface area contributed by atoms with Gasteiger partial charge in [0.25, 0.3) is 11.6 Å². The average molecular weight is 394 g/mol. The summed E-state index contributed by atoms with van der Waals surface area (Å²) in [5.74, 6) is 0.908. The van der Waals surface area contributed by atoms with Crippen molar-refractivity contribution in [1.29, 1.82) is 0 Å². The number of nitro groups is 1. The van der Waals surface area contributed by atoms with Crippen LogP contribution >= 0.6 is 0 Å². The van der Waals surface area contributed by atoms with Crippen LogP contribution in [0.25, 0.3) is 17.5 Å². The molecule has 0 radical (unpaired) electrons. The van der Waals surface area contributed by atoms with Crippen molar-refractivity contribution in [3.05, 3.63) is 64.2 Å². The zero-order valence-corrected chi connectivity index (χ0v) is 14.9. The molecule has 29 heavy (non-hydrogen) atoms. The molecule has 0 aliphatic carbocycles. The third kappa shape index (κ3) is 4.21. The Hall–Kier alpha value is -4.21. The van der Waals surface area contributed by atoms with E-state index in [1.165, 1.54) is 30.4 Å². The van der Waals surface area contributed by atoms with Crippen LogP contribution in [-0.2, 0) is 4.79 Å². The van der Waals surface area contributed by atoms with Crippen LogP contribution in [0, 0.1) is 10.1 Å². The quantitative estimate of drug-likeness (QED) is 0.397.